The van der Waals surface area contributed by atoms with Crippen molar-refractivity contribution in [1.82, 2.24) is 0 Å². The van der Waals surface area contributed by atoms with Gasteiger partial charge in [-0.05, 0) is 31.0 Å². The van der Waals surface area contributed by atoms with E-state index in [0.29, 0.717) is 11.3 Å². The van der Waals surface area contributed by atoms with Crippen molar-refractivity contribution in [3.63, 3.8) is 0 Å². The number of ether oxygens (including phenoxy) is 1. The average molecular weight is 250 g/mol. The minimum Gasteiger partial charge on any atom is -0.459 e. The highest BCUT2D eigenvalue weighted by Gasteiger charge is 2.18. The second kappa shape index (κ2) is 5.76. The molecule has 1 rings (SSSR count). The van der Waals surface area contributed by atoms with E-state index in [4.69, 9.17) is 10.5 Å². The van der Waals surface area contributed by atoms with Crippen LogP contribution in [-0.4, -0.2) is 26.2 Å². The van der Waals surface area contributed by atoms with E-state index in [-0.39, 0.29) is 18.0 Å². The zero-order valence-electron chi connectivity index (χ0n) is 11.7. The maximum atomic E-state index is 12.1. The van der Waals surface area contributed by atoms with Crippen LogP contribution in [0.2, 0.25) is 0 Å². The Balaban J connectivity index is 3.00. The second-order valence-corrected chi connectivity index (χ2v) is 5.03. The van der Waals surface area contributed by atoms with Crippen molar-refractivity contribution < 1.29 is 9.53 Å². The molecule has 0 saturated carbocycles. The predicted octanol–water partition coefficient (Wildman–Crippen LogP) is 2.54. The fourth-order valence-corrected chi connectivity index (χ4v) is 1.48. The van der Waals surface area contributed by atoms with Gasteiger partial charge in [-0.2, -0.15) is 0 Å². The first-order valence-corrected chi connectivity index (χ1v) is 6.10. The smallest absolute Gasteiger partial charge is 0.340 e. The van der Waals surface area contributed by atoms with Crippen molar-refractivity contribution >= 4 is 17.3 Å². The summed E-state index contributed by atoms with van der Waals surface area (Å²) in [7, 11) is 3.77. The molecule has 0 bridgehead atoms. The molecule has 1 atom stereocenters. The average Bonchev–Trinajstić information content (AvgIpc) is 2.28. The fraction of sp³-hybridized carbons (Fsp3) is 0.500. The van der Waals surface area contributed by atoms with Crippen molar-refractivity contribution in [3.05, 3.63) is 23.8 Å². The molecule has 1 unspecified atom stereocenters. The summed E-state index contributed by atoms with van der Waals surface area (Å²) in [5.74, 6) is -0.0370. The second-order valence-electron chi connectivity index (χ2n) is 5.03. The van der Waals surface area contributed by atoms with Crippen LogP contribution in [0, 0.1) is 5.92 Å². The van der Waals surface area contributed by atoms with E-state index in [1.165, 1.54) is 0 Å². The monoisotopic (exact) mass is 250 g/mol. The first-order valence-electron chi connectivity index (χ1n) is 6.10. The number of carbonyl (C=O) groups excluding carboxylic acids is 1. The van der Waals surface area contributed by atoms with E-state index in [1.54, 1.807) is 12.1 Å². The number of hydrogen-bond donors (Lipinski definition) is 1. The molecule has 0 saturated heterocycles. The molecule has 0 aliphatic rings. The number of nitrogens with two attached hydrogens (primary N) is 1. The molecule has 2 N–H and O–H groups in total. The lowest BCUT2D eigenvalue weighted by atomic mass is 10.1. The predicted molar refractivity (Wildman–Crippen MR) is 74.9 cm³/mol. The molecule has 4 nitrogen and oxygen atoms in total. The van der Waals surface area contributed by atoms with Crippen molar-refractivity contribution in [2.75, 3.05) is 24.7 Å². The molecule has 1 aromatic carbocycles. The van der Waals surface area contributed by atoms with Crippen molar-refractivity contribution in [2.24, 2.45) is 5.92 Å². The van der Waals surface area contributed by atoms with Crippen LogP contribution in [0.4, 0.5) is 11.4 Å². The molecular weight excluding hydrogens is 228 g/mol. The first kappa shape index (κ1) is 14.4. The number of carbonyl (C=O) groups is 1. The van der Waals surface area contributed by atoms with Gasteiger partial charge in [-0.25, -0.2) is 4.79 Å². The van der Waals surface area contributed by atoms with Crippen LogP contribution in [0.3, 0.4) is 0 Å². The summed E-state index contributed by atoms with van der Waals surface area (Å²) in [6, 6.07) is 5.26. The standard InChI is InChI=1S/C14H22N2O2/c1-9(2)10(3)18-14(17)12-8-11(15)6-7-13(12)16(4)5/h6-10H,15H2,1-5H3. The van der Waals surface area contributed by atoms with Crippen LogP contribution in [-0.2, 0) is 4.74 Å². The molecule has 0 aromatic heterocycles. The molecule has 0 radical (unpaired) electrons. The molecule has 100 valence electrons. The number of nitrogen functional groups attached to an aromatic ring is 1. The summed E-state index contributed by atoms with van der Waals surface area (Å²) in [4.78, 5) is 14.0. The summed E-state index contributed by atoms with van der Waals surface area (Å²) >= 11 is 0. The van der Waals surface area contributed by atoms with E-state index in [2.05, 4.69) is 0 Å². The number of benzene rings is 1. The van der Waals surface area contributed by atoms with E-state index in [1.807, 2.05) is 45.8 Å². The molecule has 1 aromatic rings. The summed E-state index contributed by atoms with van der Waals surface area (Å²) in [6.45, 7) is 5.93. The SMILES string of the molecule is CC(C)C(C)OC(=O)c1cc(N)ccc1N(C)C. The minimum absolute atomic E-state index is 0.117. The molecule has 0 aliphatic heterocycles. The van der Waals surface area contributed by atoms with E-state index < -0.39 is 0 Å². The normalized spacial score (nSPS) is 12.3. The zero-order valence-corrected chi connectivity index (χ0v) is 11.7. The Morgan fingerprint density at radius 3 is 2.39 bits per heavy atom. The van der Waals surface area contributed by atoms with Gasteiger partial charge in [0.05, 0.1) is 11.3 Å². The number of esters is 1. The quantitative estimate of drug-likeness (QED) is 0.659. The Labute approximate surface area is 109 Å². The molecule has 0 spiro atoms. The Kier molecular flexibility index (Phi) is 4.59. The van der Waals surface area contributed by atoms with Gasteiger partial charge in [-0.3, -0.25) is 0 Å². The van der Waals surface area contributed by atoms with Crippen LogP contribution in [0.25, 0.3) is 0 Å². The lowest BCUT2D eigenvalue weighted by Gasteiger charge is -2.20. The molecular formula is C14H22N2O2. The minimum atomic E-state index is -0.327. The van der Waals surface area contributed by atoms with Gasteiger partial charge >= 0.3 is 5.97 Å². The Morgan fingerprint density at radius 1 is 1.28 bits per heavy atom. The topological polar surface area (TPSA) is 55.6 Å². The lowest BCUT2D eigenvalue weighted by Crippen LogP contribution is -2.22. The molecule has 0 aliphatic carbocycles. The number of nitrogens with zero attached hydrogens (tertiary/aromatic N) is 1. The Morgan fingerprint density at radius 2 is 1.89 bits per heavy atom. The molecule has 4 heteroatoms. The van der Waals surface area contributed by atoms with Gasteiger partial charge in [0, 0.05) is 19.8 Å². The summed E-state index contributed by atoms with van der Waals surface area (Å²) in [5, 5.41) is 0. The molecule has 0 heterocycles. The van der Waals surface area contributed by atoms with Crippen LogP contribution in [0.5, 0.6) is 0 Å². The van der Waals surface area contributed by atoms with E-state index in [0.717, 1.165) is 5.69 Å². The first-order chi connectivity index (χ1) is 8.32. The third kappa shape index (κ3) is 3.39. The van der Waals surface area contributed by atoms with Gasteiger partial charge in [0.25, 0.3) is 0 Å². The van der Waals surface area contributed by atoms with Crippen molar-refractivity contribution in [1.29, 1.82) is 0 Å². The van der Waals surface area contributed by atoms with Gasteiger partial charge in [0.15, 0.2) is 0 Å². The molecule has 18 heavy (non-hydrogen) atoms. The fourth-order valence-electron chi connectivity index (χ4n) is 1.48. The highest BCUT2D eigenvalue weighted by molar-refractivity contribution is 5.97. The Bertz CT molecular complexity index is 428. The van der Waals surface area contributed by atoms with Crippen molar-refractivity contribution in [2.45, 2.75) is 26.9 Å². The molecule has 0 amide bonds. The van der Waals surface area contributed by atoms with E-state index in [9.17, 15) is 4.79 Å². The van der Waals surface area contributed by atoms with Gasteiger partial charge < -0.3 is 15.4 Å². The van der Waals surface area contributed by atoms with Crippen molar-refractivity contribution in [3.8, 4) is 0 Å². The third-order valence-electron chi connectivity index (χ3n) is 2.95. The number of hydrogen-bond acceptors (Lipinski definition) is 4. The van der Waals surface area contributed by atoms with Crippen LogP contribution >= 0.6 is 0 Å². The number of anilines is 2. The summed E-state index contributed by atoms with van der Waals surface area (Å²) < 4.78 is 5.42. The highest BCUT2D eigenvalue weighted by Crippen LogP contribution is 2.23. The van der Waals surface area contributed by atoms with Gasteiger partial charge in [0.1, 0.15) is 6.10 Å². The third-order valence-corrected chi connectivity index (χ3v) is 2.95. The maximum Gasteiger partial charge on any atom is 0.340 e. The lowest BCUT2D eigenvalue weighted by molar-refractivity contribution is 0.0239. The van der Waals surface area contributed by atoms with Gasteiger partial charge in [0.2, 0.25) is 0 Å². The van der Waals surface area contributed by atoms with Crippen LogP contribution in [0.1, 0.15) is 31.1 Å². The molecule has 0 fully saturated rings. The Hall–Kier alpha value is -1.71. The maximum absolute atomic E-state index is 12.1. The number of rotatable bonds is 4. The van der Waals surface area contributed by atoms with Crippen LogP contribution in [0.15, 0.2) is 18.2 Å². The van der Waals surface area contributed by atoms with Gasteiger partial charge in [-0.1, -0.05) is 13.8 Å². The summed E-state index contributed by atoms with van der Waals surface area (Å²) in [6.07, 6.45) is -0.117. The largest absolute Gasteiger partial charge is 0.459 e. The summed E-state index contributed by atoms with van der Waals surface area (Å²) in [5.41, 5.74) is 7.61. The van der Waals surface area contributed by atoms with Gasteiger partial charge in [-0.15, -0.1) is 0 Å². The highest BCUT2D eigenvalue weighted by atomic mass is 16.5. The van der Waals surface area contributed by atoms with Crippen LogP contribution < -0.4 is 10.6 Å². The van der Waals surface area contributed by atoms with E-state index >= 15 is 0 Å². The zero-order chi connectivity index (χ0) is 13.9.